The molecule has 2 aromatic carbocycles. The van der Waals surface area contributed by atoms with Crippen LogP contribution in [-0.4, -0.2) is 42.6 Å². The molecule has 31 heavy (non-hydrogen) atoms. The summed E-state index contributed by atoms with van der Waals surface area (Å²) >= 11 is 0. The van der Waals surface area contributed by atoms with Gasteiger partial charge in [0.25, 0.3) is 5.91 Å². The number of ether oxygens (including phenoxy) is 2. The zero-order chi connectivity index (χ0) is 22.3. The second-order valence-corrected chi connectivity index (χ2v) is 6.76. The van der Waals surface area contributed by atoms with Gasteiger partial charge in [0.1, 0.15) is 12.3 Å². The van der Waals surface area contributed by atoms with Gasteiger partial charge in [0, 0.05) is 24.2 Å². The molecule has 0 saturated carbocycles. The molecule has 3 aromatic rings. The zero-order valence-corrected chi connectivity index (χ0v) is 16.5. The Balaban J connectivity index is 1.68. The third kappa shape index (κ3) is 3.39. The van der Waals surface area contributed by atoms with Crippen molar-refractivity contribution in [2.45, 2.75) is 6.54 Å². The molecule has 1 aliphatic rings. The summed E-state index contributed by atoms with van der Waals surface area (Å²) in [6, 6.07) is 6.56. The van der Waals surface area contributed by atoms with E-state index in [0.717, 1.165) is 12.0 Å². The lowest BCUT2D eigenvalue weighted by atomic mass is 10.1. The summed E-state index contributed by atoms with van der Waals surface area (Å²) in [6.07, 6.45) is 1.55. The Morgan fingerprint density at radius 2 is 1.81 bits per heavy atom. The van der Waals surface area contributed by atoms with Crippen molar-refractivity contribution in [1.82, 2.24) is 9.88 Å². The first-order valence-electron chi connectivity index (χ1n) is 9.10. The summed E-state index contributed by atoms with van der Waals surface area (Å²) in [7, 11) is 2.49. The molecule has 7 nitrogen and oxygen atoms in total. The molecule has 0 unspecified atom stereocenters. The maximum absolute atomic E-state index is 14.5. The largest absolute Gasteiger partial charge is 0.497 e. The first-order valence-corrected chi connectivity index (χ1v) is 9.10. The van der Waals surface area contributed by atoms with Gasteiger partial charge in [-0.3, -0.25) is 9.78 Å². The number of fused-ring (bicyclic) bond motifs is 1. The van der Waals surface area contributed by atoms with Crippen LogP contribution in [-0.2, 0) is 11.3 Å². The number of hydrogen-bond donors (Lipinski definition) is 0. The normalized spacial score (nSPS) is 14.0. The van der Waals surface area contributed by atoms with E-state index in [-0.39, 0.29) is 13.1 Å². The SMILES string of the molecule is COc1ccc2nccc(CN3CC(=O)N(c4cc(F)c(OC)c(F)c4F)C3=O)c2c1. The number of benzene rings is 2. The third-order valence-electron chi connectivity index (χ3n) is 4.98. The number of carbonyl (C=O) groups is 2. The monoisotopic (exact) mass is 431 g/mol. The molecule has 0 N–H and O–H groups in total. The van der Waals surface area contributed by atoms with E-state index in [1.54, 1.807) is 30.5 Å². The van der Waals surface area contributed by atoms with Gasteiger partial charge in [-0.25, -0.2) is 18.5 Å². The average Bonchev–Trinajstić information content (AvgIpc) is 3.04. The highest BCUT2D eigenvalue weighted by atomic mass is 19.2. The van der Waals surface area contributed by atoms with Crippen molar-refractivity contribution in [1.29, 1.82) is 0 Å². The summed E-state index contributed by atoms with van der Waals surface area (Å²) in [5.41, 5.74) is 0.507. The maximum Gasteiger partial charge on any atom is 0.332 e. The maximum atomic E-state index is 14.5. The van der Waals surface area contributed by atoms with Crippen LogP contribution in [0, 0.1) is 17.5 Å². The molecule has 2 heterocycles. The van der Waals surface area contributed by atoms with Gasteiger partial charge >= 0.3 is 6.03 Å². The molecule has 3 amide bonds. The molecule has 1 fully saturated rings. The summed E-state index contributed by atoms with van der Waals surface area (Å²) in [5.74, 6) is -5.58. The number of pyridine rings is 1. The van der Waals surface area contributed by atoms with E-state index in [1.165, 1.54) is 7.11 Å². The van der Waals surface area contributed by atoms with E-state index >= 15 is 0 Å². The molecular formula is C21H16F3N3O4. The lowest BCUT2D eigenvalue weighted by molar-refractivity contribution is -0.116. The van der Waals surface area contributed by atoms with Crippen molar-refractivity contribution in [3.63, 3.8) is 0 Å². The number of rotatable bonds is 5. The van der Waals surface area contributed by atoms with Gasteiger partial charge in [0.15, 0.2) is 17.4 Å². The molecule has 10 heteroatoms. The molecule has 0 radical (unpaired) electrons. The number of nitrogens with zero attached hydrogens (tertiary/aromatic N) is 3. The summed E-state index contributed by atoms with van der Waals surface area (Å²) in [5, 5.41) is 0.702. The quantitative estimate of drug-likeness (QED) is 0.456. The van der Waals surface area contributed by atoms with Crippen molar-refractivity contribution in [3.8, 4) is 11.5 Å². The Morgan fingerprint density at radius 3 is 2.52 bits per heavy atom. The second-order valence-electron chi connectivity index (χ2n) is 6.76. The number of hydrogen-bond acceptors (Lipinski definition) is 5. The summed E-state index contributed by atoms with van der Waals surface area (Å²) in [4.78, 5) is 31.1. The van der Waals surface area contributed by atoms with Gasteiger partial charge in [-0.2, -0.15) is 4.39 Å². The van der Waals surface area contributed by atoms with Crippen molar-refractivity contribution in [2.75, 3.05) is 25.7 Å². The number of halogens is 3. The van der Waals surface area contributed by atoms with Gasteiger partial charge in [-0.05, 0) is 29.8 Å². The van der Waals surface area contributed by atoms with Crippen LogP contribution in [0.3, 0.4) is 0 Å². The highest BCUT2D eigenvalue weighted by molar-refractivity contribution is 6.19. The predicted molar refractivity (Wildman–Crippen MR) is 104 cm³/mol. The first-order chi connectivity index (χ1) is 14.8. The molecule has 1 aromatic heterocycles. The minimum absolute atomic E-state index is 0.00397. The van der Waals surface area contributed by atoms with Crippen molar-refractivity contribution in [3.05, 3.63) is 59.5 Å². The van der Waals surface area contributed by atoms with E-state index in [0.29, 0.717) is 33.2 Å². The van der Waals surface area contributed by atoms with Gasteiger partial charge in [-0.1, -0.05) is 0 Å². The minimum atomic E-state index is -1.62. The van der Waals surface area contributed by atoms with Crippen LogP contribution in [0.25, 0.3) is 10.9 Å². The van der Waals surface area contributed by atoms with E-state index in [9.17, 15) is 22.8 Å². The minimum Gasteiger partial charge on any atom is -0.497 e. The molecule has 0 aliphatic carbocycles. The van der Waals surface area contributed by atoms with Crippen LogP contribution in [0.5, 0.6) is 11.5 Å². The number of amides is 3. The fourth-order valence-corrected chi connectivity index (χ4v) is 3.48. The third-order valence-corrected chi connectivity index (χ3v) is 4.98. The smallest absolute Gasteiger partial charge is 0.332 e. The first kappa shape index (κ1) is 20.5. The standard InChI is InChI=1S/C21H16F3N3O4/c1-30-12-3-4-15-13(7-12)11(5-6-25-15)9-26-10-17(28)27(21(26)29)16-8-14(22)20(31-2)19(24)18(16)23/h3-8H,9-10H2,1-2H3. The van der Waals surface area contributed by atoms with Crippen LogP contribution >= 0.6 is 0 Å². The van der Waals surface area contributed by atoms with Crippen LogP contribution in [0.1, 0.15) is 5.56 Å². The van der Waals surface area contributed by atoms with Crippen LogP contribution in [0.15, 0.2) is 36.5 Å². The van der Waals surface area contributed by atoms with Crippen LogP contribution in [0.2, 0.25) is 0 Å². The lowest BCUT2D eigenvalue weighted by Crippen LogP contribution is -2.33. The predicted octanol–water partition coefficient (Wildman–Crippen LogP) is 3.64. The molecule has 0 atom stereocenters. The number of urea groups is 1. The molecule has 4 rings (SSSR count). The van der Waals surface area contributed by atoms with E-state index in [1.807, 2.05) is 0 Å². The number of methoxy groups -OCH3 is 2. The Labute approximate surface area is 174 Å². The number of anilines is 1. The molecule has 1 aliphatic heterocycles. The van der Waals surface area contributed by atoms with E-state index in [4.69, 9.17) is 4.74 Å². The summed E-state index contributed by atoms with van der Waals surface area (Å²) in [6.45, 7) is -0.392. The fourth-order valence-electron chi connectivity index (χ4n) is 3.48. The van der Waals surface area contributed by atoms with Crippen LogP contribution in [0.4, 0.5) is 23.7 Å². The van der Waals surface area contributed by atoms with Gasteiger partial charge in [0.2, 0.25) is 5.82 Å². The van der Waals surface area contributed by atoms with Crippen molar-refractivity contribution in [2.24, 2.45) is 0 Å². The highest BCUT2D eigenvalue weighted by Crippen LogP contribution is 2.34. The topological polar surface area (TPSA) is 72.0 Å². The molecule has 1 saturated heterocycles. The lowest BCUT2D eigenvalue weighted by Gasteiger charge is -2.19. The van der Waals surface area contributed by atoms with Gasteiger partial charge < -0.3 is 14.4 Å². The Morgan fingerprint density at radius 1 is 1.03 bits per heavy atom. The van der Waals surface area contributed by atoms with E-state index in [2.05, 4.69) is 9.72 Å². The van der Waals surface area contributed by atoms with Crippen LogP contribution < -0.4 is 14.4 Å². The van der Waals surface area contributed by atoms with Crippen molar-refractivity contribution < 1.29 is 32.2 Å². The fraction of sp³-hybridized carbons (Fsp3) is 0.190. The molecular weight excluding hydrogens is 415 g/mol. The number of imide groups is 1. The molecule has 0 spiro atoms. The van der Waals surface area contributed by atoms with E-state index < -0.39 is 40.8 Å². The summed E-state index contributed by atoms with van der Waals surface area (Å²) < 4.78 is 52.3. The van der Waals surface area contributed by atoms with Gasteiger partial charge in [0.05, 0.1) is 25.4 Å². The Kier molecular flexibility index (Phi) is 5.14. The van der Waals surface area contributed by atoms with Crippen molar-refractivity contribution >= 4 is 28.5 Å². The van der Waals surface area contributed by atoms with Gasteiger partial charge in [-0.15, -0.1) is 0 Å². The zero-order valence-electron chi connectivity index (χ0n) is 16.5. The number of carbonyl (C=O) groups excluding carboxylic acids is 2. The Hall–Kier alpha value is -3.82. The molecule has 0 bridgehead atoms. The number of aromatic nitrogens is 1. The average molecular weight is 431 g/mol. The second kappa shape index (κ2) is 7.78. The Bertz CT molecular complexity index is 1220. The molecule has 160 valence electrons. The highest BCUT2D eigenvalue weighted by Gasteiger charge is 2.40.